The van der Waals surface area contributed by atoms with Gasteiger partial charge in [-0.1, -0.05) is 18.2 Å². The van der Waals surface area contributed by atoms with Crippen LogP contribution in [0.25, 0.3) is 10.9 Å². The number of para-hydroxylation sites is 1. The summed E-state index contributed by atoms with van der Waals surface area (Å²) in [5, 5.41) is 21.7. The summed E-state index contributed by atoms with van der Waals surface area (Å²) in [6, 6.07) is 11.7. The molecule has 8 nitrogen and oxygen atoms in total. The fraction of sp³-hybridized carbons (Fsp3) is 0.200. The Balaban J connectivity index is 1.95. The highest BCUT2D eigenvalue weighted by Gasteiger charge is 2.42. The molecule has 1 aliphatic rings. The average molecular weight is 379 g/mol. The zero-order chi connectivity index (χ0) is 20.0. The number of nitro groups is 1. The Morgan fingerprint density at radius 1 is 1.18 bits per heavy atom. The number of hydrogen-bond donors (Lipinski definition) is 2. The second kappa shape index (κ2) is 6.49. The number of aromatic amines is 1. The van der Waals surface area contributed by atoms with Gasteiger partial charge in [0, 0.05) is 42.1 Å². The molecule has 0 radical (unpaired) electrons. The number of H-pyrrole nitrogens is 1. The number of non-ortho nitro benzene ring substituents is 1. The van der Waals surface area contributed by atoms with E-state index in [1.165, 1.54) is 24.0 Å². The Hall–Kier alpha value is -3.68. The zero-order valence-electron chi connectivity index (χ0n) is 15.0. The third kappa shape index (κ3) is 2.70. The quantitative estimate of drug-likeness (QED) is 0.536. The van der Waals surface area contributed by atoms with Gasteiger partial charge < -0.3 is 15.0 Å². The van der Waals surface area contributed by atoms with Crippen LogP contribution < -0.4 is 0 Å². The standard InChI is InChI=1S/C20H17N3O5/c1-11(24)22-17(20(25)26)10-15-14-4-2-3-5-16(14)21-18(15)19(22)12-6-8-13(9-7-12)23(27)28/h2-9,17,19,21H,10H2,1H3,(H,25,26). The molecule has 1 aliphatic heterocycles. The maximum atomic E-state index is 12.4. The van der Waals surface area contributed by atoms with E-state index in [1.54, 1.807) is 12.1 Å². The van der Waals surface area contributed by atoms with Gasteiger partial charge in [0.15, 0.2) is 0 Å². The van der Waals surface area contributed by atoms with Crippen LogP contribution in [-0.2, 0) is 16.0 Å². The third-order valence-electron chi connectivity index (χ3n) is 5.20. The van der Waals surface area contributed by atoms with Crippen molar-refractivity contribution in [2.75, 3.05) is 0 Å². The smallest absolute Gasteiger partial charge is 0.326 e. The van der Waals surface area contributed by atoms with Gasteiger partial charge in [0.2, 0.25) is 5.91 Å². The van der Waals surface area contributed by atoms with Crippen molar-refractivity contribution in [1.82, 2.24) is 9.88 Å². The fourth-order valence-electron chi connectivity index (χ4n) is 4.00. The van der Waals surface area contributed by atoms with Crippen molar-refractivity contribution in [3.63, 3.8) is 0 Å². The molecule has 2 aromatic carbocycles. The summed E-state index contributed by atoms with van der Waals surface area (Å²) in [6.45, 7) is 1.34. The molecule has 0 spiro atoms. The molecule has 2 atom stereocenters. The number of aliphatic carboxylic acids is 1. The number of carbonyl (C=O) groups is 2. The van der Waals surface area contributed by atoms with Crippen LogP contribution >= 0.6 is 0 Å². The van der Waals surface area contributed by atoms with Gasteiger partial charge >= 0.3 is 5.97 Å². The third-order valence-corrected chi connectivity index (χ3v) is 5.20. The first kappa shape index (κ1) is 17.7. The molecule has 2 heterocycles. The molecule has 28 heavy (non-hydrogen) atoms. The number of carbonyl (C=O) groups excluding carboxylic acids is 1. The largest absolute Gasteiger partial charge is 0.480 e. The van der Waals surface area contributed by atoms with Crippen molar-refractivity contribution in [3.05, 3.63) is 75.5 Å². The molecule has 142 valence electrons. The Morgan fingerprint density at radius 3 is 2.46 bits per heavy atom. The first-order valence-corrected chi connectivity index (χ1v) is 8.74. The molecule has 8 heteroatoms. The van der Waals surface area contributed by atoms with Gasteiger partial charge in [-0.05, 0) is 29.3 Å². The Bertz CT molecular complexity index is 1100. The van der Waals surface area contributed by atoms with E-state index in [-0.39, 0.29) is 18.0 Å². The predicted molar refractivity (Wildman–Crippen MR) is 101 cm³/mol. The fourth-order valence-corrected chi connectivity index (χ4v) is 4.00. The van der Waals surface area contributed by atoms with Crippen LogP contribution in [0.4, 0.5) is 5.69 Å². The minimum Gasteiger partial charge on any atom is -0.480 e. The SMILES string of the molecule is CC(=O)N1C(C(=O)O)Cc2c([nH]c3ccccc23)C1c1ccc([N+](=O)[O-])cc1. The second-order valence-electron chi connectivity index (χ2n) is 6.80. The predicted octanol–water partition coefficient (Wildman–Crippen LogP) is 3.02. The molecule has 0 saturated heterocycles. The van der Waals surface area contributed by atoms with Crippen LogP contribution in [0.15, 0.2) is 48.5 Å². The molecule has 2 unspecified atom stereocenters. The summed E-state index contributed by atoms with van der Waals surface area (Å²) in [6.07, 6.45) is 0.192. The summed E-state index contributed by atoms with van der Waals surface area (Å²) in [5.41, 5.74) is 2.99. The zero-order valence-corrected chi connectivity index (χ0v) is 15.0. The van der Waals surface area contributed by atoms with Crippen molar-refractivity contribution in [3.8, 4) is 0 Å². The summed E-state index contributed by atoms with van der Waals surface area (Å²) in [7, 11) is 0. The number of benzene rings is 2. The van der Waals surface area contributed by atoms with Gasteiger partial charge in [-0.3, -0.25) is 14.9 Å². The van der Waals surface area contributed by atoms with E-state index in [4.69, 9.17) is 0 Å². The van der Waals surface area contributed by atoms with E-state index in [1.807, 2.05) is 24.3 Å². The highest BCUT2D eigenvalue weighted by molar-refractivity contribution is 5.90. The minimum atomic E-state index is -1.09. The Kier molecular flexibility index (Phi) is 4.11. The number of carboxylic acid groups (broad SMARTS) is 1. The molecule has 0 saturated carbocycles. The summed E-state index contributed by atoms with van der Waals surface area (Å²) in [4.78, 5) is 39.5. The molecule has 0 fully saturated rings. The molecular weight excluding hydrogens is 362 g/mol. The van der Waals surface area contributed by atoms with Gasteiger partial charge in [-0.25, -0.2) is 4.79 Å². The number of nitrogens with zero attached hydrogens (tertiary/aromatic N) is 2. The van der Waals surface area contributed by atoms with Crippen LogP contribution in [-0.4, -0.2) is 37.8 Å². The topological polar surface area (TPSA) is 117 Å². The van der Waals surface area contributed by atoms with Crippen LogP contribution in [0.2, 0.25) is 0 Å². The van der Waals surface area contributed by atoms with Gasteiger partial charge in [0.25, 0.3) is 5.69 Å². The van der Waals surface area contributed by atoms with E-state index in [0.717, 1.165) is 22.2 Å². The minimum absolute atomic E-state index is 0.0689. The van der Waals surface area contributed by atoms with Gasteiger partial charge in [-0.15, -0.1) is 0 Å². The van der Waals surface area contributed by atoms with Gasteiger partial charge in [-0.2, -0.15) is 0 Å². The van der Waals surface area contributed by atoms with E-state index in [9.17, 15) is 24.8 Å². The number of nitrogens with one attached hydrogen (secondary N) is 1. The maximum absolute atomic E-state index is 12.4. The van der Waals surface area contributed by atoms with Crippen LogP contribution in [0.3, 0.4) is 0 Å². The number of rotatable bonds is 3. The molecule has 3 aromatic rings. The van der Waals surface area contributed by atoms with Crippen LogP contribution in [0.5, 0.6) is 0 Å². The molecule has 4 rings (SSSR count). The number of nitro benzene ring substituents is 1. The molecule has 1 aromatic heterocycles. The lowest BCUT2D eigenvalue weighted by atomic mass is 9.88. The lowest BCUT2D eigenvalue weighted by Crippen LogP contribution is -2.50. The highest BCUT2D eigenvalue weighted by atomic mass is 16.6. The average Bonchev–Trinajstić information content (AvgIpc) is 3.04. The monoisotopic (exact) mass is 379 g/mol. The molecule has 2 N–H and O–H groups in total. The number of carboxylic acids is 1. The summed E-state index contributed by atoms with van der Waals surface area (Å²) < 4.78 is 0. The summed E-state index contributed by atoms with van der Waals surface area (Å²) >= 11 is 0. The first-order valence-electron chi connectivity index (χ1n) is 8.74. The van der Waals surface area contributed by atoms with Crippen LogP contribution in [0.1, 0.15) is 29.8 Å². The highest BCUT2D eigenvalue weighted by Crippen LogP contribution is 2.41. The van der Waals surface area contributed by atoms with E-state index < -0.39 is 23.0 Å². The van der Waals surface area contributed by atoms with E-state index in [0.29, 0.717) is 5.56 Å². The Labute approximate surface area is 159 Å². The van der Waals surface area contributed by atoms with Crippen molar-refractivity contribution in [2.24, 2.45) is 0 Å². The maximum Gasteiger partial charge on any atom is 0.326 e. The number of amides is 1. The van der Waals surface area contributed by atoms with Crippen molar-refractivity contribution < 1.29 is 19.6 Å². The first-order chi connectivity index (χ1) is 13.4. The van der Waals surface area contributed by atoms with Crippen molar-refractivity contribution in [1.29, 1.82) is 0 Å². The number of fused-ring (bicyclic) bond motifs is 3. The Morgan fingerprint density at radius 2 is 1.86 bits per heavy atom. The second-order valence-corrected chi connectivity index (χ2v) is 6.80. The lowest BCUT2D eigenvalue weighted by molar-refractivity contribution is -0.384. The van der Waals surface area contributed by atoms with Gasteiger partial charge in [0.1, 0.15) is 6.04 Å². The summed E-state index contributed by atoms with van der Waals surface area (Å²) in [5.74, 6) is -1.46. The van der Waals surface area contributed by atoms with Crippen molar-refractivity contribution in [2.45, 2.75) is 25.4 Å². The molecular formula is C20H17N3O5. The van der Waals surface area contributed by atoms with E-state index >= 15 is 0 Å². The molecule has 0 aliphatic carbocycles. The van der Waals surface area contributed by atoms with Gasteiger partial charge in [0.05, 0.1) is 11.0 Å². The molecule has 1 amide bonds. The number of hydrogen-bond acceptors (Lipinski definition) is 4. The lowest BCUT2D eigenvalue weighted by Gasteiger charge is -2.39. The molecule has 0 bridgehead atoms. The van der Waals surface area contributed by atoms with Crippen molar-refractivity contribution >= 4 is 28.5 Å². The number of aromatic nitrogens is 1. The van der Waals surface area contributed by atoms with E-state index in [2.05, 4.69) is 4.98 Å². The van der Waals surface area contributed by atoms with Crippen LogP contribution in [0, 0.1) is 10.1 Å². The normalized spacial score (nSPS) is 18.7.